The first-order valence-corrected chi connectivity index (χ1v) is 4.58. The predicted molar refractivity (Wildman–Crippen MR) is 46.8 cm³/mol. The third kappa shape index (κ3) is 1.02. The summed E-state index contributed by atoms with van der Waals surface area (Å²) in [6.07, 6.45) is 6.05. The van der Waals surface area contributed by atoms with Crippen LogP contribution in [0.25, 0.3) is 5.57 Å². The highest BCUT2D eigenvalue weighted by Crippen LogP contribution is 2.42. The normalized spacial score (nSPS) is 24.5. The van der Waals surface area contributed by atoms with E-state index in [1.54, 1.807) is 0 Å². The predicted octanol–water partition coefficient (Wildman–Crippen LogP) is 0.836. The second-order valence-corrected chi connectivity index (χ2v) is 3.88. The molecular weight excluding hydrogens is 166 g/mol. The van der Waals surface area contributed by atoms with Gasteiger partial charge in [0.2, 0.25) is 0 Å². The van der Waals surface area contributed by atoms with Crippen molar-refractivity contribution in [2.75, 3.05) is 13.1 Å². The van der Waals surface area contributed by atoms with Crippen LogP contribution in [0.5, 0.6) is 0 Å². The Morgan fingerprint density at radius 1 is 1.46 bits per heavy atom. The van der Waals surface area contributed by atoms with Gasteiger partial charge in [0.25, 0.3) is 5.89 Å². The summed E-state index contributed by atoms with van der Waals surface area (Å²) in [4.78, 5) is 4.06. The molecule has 1 spiro atoms. The molecule has 0 amide bonds. The summed E-state index contributed by atoms with van der Waals surface area (Å²) in [6.45, 7) is 2.20. The van der Waals surface area contributed by atoms with E-state index in [9.17, 15) is 0 Å². The van der Waals surface area contributed by atoms with Crippen LogP contribution < -0.4 is 5.32 Å². The van der Waals surface area contributed by atoms with Crippen molar-refractivity contribution in [1.29, 1.82) is 0 Å². The van der Waals surface area contributed by atoms with Gasteiger partial charge in [-0.1, -0.05) is 11.2 Å². The summed E-state index contributed by atoms with van der Waals surface area (Å²) in [7, 11) is 0. The van der Waals surface area contributed by atoms with E-state index in [4.69, 9.17) is 4.52 Å². The fraction of sp³-hybridized carbons (Fsp3) is 0.556. The van der Waals surface area contributed by atoms with Crippen molar-refractivity contribution in [1.82, 2.24) is 15.5 Å². The highest BCUT2D eigenvalue weighted by atomic mass is 16.5. The number of nitrogens with one attached hydrogen (secondary N) is 1. The molecule has 2 heterocycles. The molecule has 3 rings (SSSR count). The molecular formula is C9H11N3O. The van der Waals surface area contributed by atoms with E-state index in [0.717, 1.165) is 19.5 Å². The van der Waals surface area contributed by atoms with Gasteiger partial charge < -0.3 is 9.84 Å². The average Bonchev–Trinajstić information content (AvgIpc) is 2.71. The zero-order valence-corrected chi connectivity index (χ0v) is 7.29. The molecule has 68 valence electrons. The molecule has 1 saturated heterocycles. The molecule has 4 heteroatoms. The Morgan fingerprint density at radius 3 is 2.92 bits per heavy atom. The Morgan fingerprint density at radius 2 is 2.38 bits per heavy atom. The van der Waals surface area contributed by atoms with Gasteiger partial charge in [0.15, 0.2) is 6.33 Å². The molecule has 0 bridgehead atoms. The number of allylic oxidation sites excluding steroid dienone is 1. The van der Waals surface area contributed by atoms with Gasteiger partial charge in [-0.15, -0.1) is 0 Å². The summed E-state index contributed by atoms with van der Waals surface area (Å²) in [5.74, 6) is 0.698. The first-order valence-electron chi connectivity index (χ1n) is 4.58. The Balaban J connectivity index is 1.90. The molecule has 1 N–H and O–H groups in total. The number of hydrogen-bond donors (Lipinski definition) is 1. The van der Waals surface area contributed by atoms with Crippen molar-refractivity contribution >= 4 is 5.57 Å². The van der Waals surface area contributed by atoms with Gasteiger partial charge in [-0.05, 0) is 12.8 Å². The van der Waals surface area contributed by atoms with E-state index in [1.807, 2.05) is 0 Å². The van der Waals surface area contributed by atoms with E-state index in [0.29, 0.717) is 11.3 Å². The highest BCUT2D eigenvalue weighted by molar-refractivity contribution is 5.62. The minimum Gasteiger partial charge on any atom is -0.335 e. The topological polar surface area (TPSA) is 51.0 Å². The number of rotatable bonds is 1. The Hall–Kier alpha value is -1.16. The van der Waals surface area contributed by atoms with E-state index < -0.39 is 0 Å². The summed E-state index contributed by atoms with van der Waals surface area (Å²) >= 11 is 0. The molecule has 1 aliphatic heterocycles. The minimum absolute atomic E-state index is 0.407. The lowest BCUT2D eigenvalue weighted by atomic mass is 9.82. The second-order valence-electron chi connectivity index (χ2n) is 3.88. The van der Waals surface area contributed by atoms with Crippen molar-refractivity contribution in [2.24, 2.45) is 5.41 Å². The summed E-state index contributed by atoms with van der Waals surface area (Å²) in [5, 5.41) is 6.91. The molecule has 0 aromatic carbocycles. The quantitative estimate of drug-likeness (QED) is 0.690. The molecule has 0 radical (unpaired) electrons. The molecule has 1 aromatic heterocycles. The van der Waals surface area contributed by atoms with E-state index in [2.05, 4.69) is 21.5 Å². The molecule has 13 heavy (non-hydrogen) atoms. The van der Waals surface area contributed by atoms with Gasteiger partial charge in [-0.3, -0.25) is 0 Å². The van der Waals surface area contributed by atoms with Gasteiger partial charge in [0.05, 0.1) is 0 Å². The second kappa shape index (κ2) is 2.42. The monoisotopic (exact) mass is 177 g/mol. The third-order valence-corrected chi connectivity index (χ3v) is 2.96. The van der Waals surface area contributed by atoms with Crippen LogP contribution in [-0.4, -0.2) is 23.2 Å². The molecule has 1 fully saturated rings. The summed E-state index contributed by atoms with van der Waals surface area (Å²) < 4.78 is 5.03. The molecule has 0 atom stereocenters. The maximum absolute atomic E-state index is 5.03. The van der Waals surface area contributed by atoms with Gasteiger partial charge >= 0.3 is 0 Å². The van der Waals surface area contributed by atoms with Crippen molar-refractivity contribution in [3.63, 3.8) is 0 Å². The maximum Gasteiger partial charge on any atom is 0.253 e. The van der Waals surface area contributed by atoms with Gasteiger partial charge in [0.1, 0.15) is 0 Å². The zero-order valence-electron chi connectivity index (χ0n) is 7.29. The van der Waals surface area contributed by atoms with Crippen molar-refractivity contribution in [2.45, 2.75) is 12.8 Å². The van der Waals surface area contributed by atoms with Crippen LogP contribution in [0.1, 0.15) is 18.7 Å². The van der Waals surface area contributed by atoms with Crippen molar-refractivity contribution in [3.8, 4) is 0 Å². The fourth-order valence-corrected chi connectivity index (χ4v) is 2.11. The molecule has 4 nitrogen and oxygen atoms in total. The Labute approximate surface area is 76.0 Å². The highest BCUT2D eigenvalue weighted by Gasteiger charge is 2.39. The SMILES string of the molecule is C1=C(c2ncno2)CCC12CNC2. The van der Waals surface area contributed by atoms with Crippen LogP contribution in [0, 0.1) is 5.41 Å². The average molecular weight is 177 g/mol. The van der Waals surface area contributed by atoms with Gasteiger partial charge in [0, 0.05) is 24.1 Å². The van der Waals surface area contributed by atoms with Crippen LogP contribution in [-0.2, 0) is 0 Å². The maximum atomic E-state index is 5.03. The lowest BCUT2D eigenvalue weighted by molar-refractivity contribution is 0.236. The molecule has 0 saturated carbocycles. The summed E-state index contributed by atoms with van der Waals surface area (Å²) in [6, 6.07) is 0. The van der Waals surface area contributed by atoms with Crippen LogP contribution in [0.4, 0.5) is 0 Å². The first-order chi connectivity index (χ1) is 6.38. The molecule has 2 aliphatic rings. The smallest absolute Gasteiger partial charge is 0.253 e. The zero-order chi connectivity index (χ0) is 8.73. The van der Waals surface area contributed by atoms with Gasteiger partial charge in [-0.25, -0.2) is 0 Å². The third-order valence-electron chi connectivity index (χ3n) is 2.96. The molecule has 0 unspecified atom stereocenters. The Kier molecular flexibility index (Phi) is 1.35. The Bertz CT molecular complexity index is 338. The fourth-order valence-electron chi connectivity index (χ4n) is 2.11. The van der Waals surface area contributed by atoms with Crippen molar-refractivity contribution < 1.29 is 4.52 Å². The molecule has 1 aliphatic carbocycles. The van der Waals surface area contributed by atoms with E-state index >= 15 is 0 Å². The number of nitrogens with zero attached hydrogens (tertiary/aromatic N) is 2. The number of aromatic nitrogens is 2. The van der Waals surface area contributed by atoms with Gasteiger partial charge in [-0.2, -0.15) is 4.98 Å². The van der Waals surface area contributed by atoms with Crippen LogP contribution in [0.15, 0.2) is 16.9 Å². The first kappa shape index (κ1) is 7.26. The standard InChI is InChI=1S/C9H11N3O/c1-2-9(4-10-5-9)3-7(1)8-11-6-12-13-8/h3,6,10H,1-2,4-5H2. The molecule has 1 aromatic rings. The van der Waals surface area contributed by atoms with Crippen LogP contribution >= 0.6 is 0 Å². The minimum atomic E-state index is 0.407. The lowest BCUT2D eigenvalue weighted by Crippen LogP contribution is -2.50. The van der Waals surface area contributed by atoms with E-state index in [1.165, 1.54) is 18.3 Å². The number of hydrogen-bond acceptors (Lipinski definition) is 4. The van der Waals surface area contributed by atoms with Crippen molar-refractivity contribution in [3.05, 3.63) is 18.3 Å². The lowest BCUT2D eigenvalue weighted by Gasteiger charge is -2.37. The van der Waals surface area contributed by atoms with E-state index in [-0.39, 0.29) is 0 Å². The van der Waals surface area contributed by atoms with Crippen LogP contribution in [0.2, 0.25) is 0 Å². The van der Waals surface area contributed by atoms with Crippen LogP contribution in [0.3, 0.4) is 0 Å². The largest absolute Gasteiger partial charge is 0.335 e. The summed E-state index contributed by atoms with van der Waals surface area (Å²) in [5.41, 5.74) is 1.63.